The minimum atomic E-state index is -1.02. The lowest BCUT2D eigenvalue weighted by Gasteiger charge is -2.14. The number of hydrogen-bond acceptors (Lipinski definition) is 2. The summed E-state index contributed by atoms with van der Waals surface area (Å²) in [6, 6.07) is 5.93. The molecule has 0 saturated carbocycles. The standard InChI is InChI=1S/C13H18N2O3/c1-3-4-11(12(16)17)15-13(18)14-10-7-5-9(2)6-8-10/h5-8,11H,3-4H2,1-2H3,(H,16,17)(H2,14,15,18)/t11-/m1/s1. The Balaban J connectivity index is 2.54. The third-order valence-corrected chi connectivity index (χ3v) is 2.49. The van der Waals surface area contributed by atoms with Crippen molar-refractivity contribution >= 4 is 17.7 Å². The van der Waals surface area contributed by atoms with Gasteiger partial charge in [-0.25, -0.2) is 9.59 Å². The summed E-state index contributed by atoms with van der Waals surface area (Å²) in [5.41, 5.74) is 1.73. The second-order valence-electron chi connectivity index (χ2n) is 4.14. The summed E-state index contributed by atoms with van der Waals surface area (Å²) in [4.78, 5) is 22.5. The molecule has 0 fully saturated rings. The first-order chi connectivity index (χ1) is 8.52. The predicted octanol–water partition coefficient (Wildman–Crippen LogP) is 2.37. The molecule has 0 aromatic heterocycles. The minimum absolute atomic E-state index is 0.413. The van der Waals surface area contributed by atoms with Crippen LogP contribution in [0.2, 0.25) is 0 Å². The largest absolute Gasteiger partial charge is 0.480 e. The van der Waals surface area contributed by atoms with E-state index in [1.807, 2.05) is 26.0 Å². The molecule has 1 aromatic carbocycles. The van der Waals surface area contributed by atoms with Crippen LogP contribution in [-0.2, 0) is 4.79 Å². The van der Waals surface area contributed by atoms with Crippen molar-refractivity contribution < 1.29 is 14.7 Å². The van der Waals surface area contributed by atoms with Gasteiger partial charge in [-0.05, 0) is 25.5 Å². The van der Waals surface area contributed by atoms with Crippen LogP contribution in [0.25, 0.3) is 0 Å². The molecule has 0 radical (unpaired) electrons. The van der Waals surface area contributed by atoms with Gasteiger partial charge in [-0.1, -0.05) is 31.0 Å². The summed E-state index contributed by atoms with van der Waals surface area (Å²) in [5.74, 6) is -1.02. The number of urea groups is 1. The summed E-state index contributed by atoms with van der Waals surface area (Å²) < 4.78 is 0. The number of carboxylic acid groups (broad SMARTS) is 1. The molecular weight excluding hydrogens is 232 g/mol. The molecule has 1 rings (SSSR count). The van der Waals surface area contributed by atoms with E-state index in [-0.39, 0.29) is 0 Å². The number of anilines is 1. The first kappa shape index (κ1) is 14.0. The van der Waals surface area contributed by atoms with Crippen LogP contribution >= 0.6 is 0 Å². The molecule has 0 aliphatic carbocycles. The van der Waals surface area contributed by atoms with Gasteiger partial charge in [0.2, 0.25) is 0 Å². The highest BCUT2D eigenvalue weighted by Gasteiger charge is 2.18. The summed E-state index contributed by atoms with van der Waals surface area (Å²) in [6.45, 7) is 3.82. The SMILES string of the molecule is CCC[C@@H](NC(=O)Nc1ccc(C)cc1)C(=O)O. The molecule has 2 amide bonds. The summed E-state index contributed by atoms with van der Waals surface area (Å²) >= 11 is 0. The highest BCUT2D eigenvalue weighted by molar-refractivity contribution is 5.92. The number of rotatable bonds is 5. The zero-order valence-corrected chi connectivity index (χ0v) is 10.6. The van der Waals surface area contributed by atoms with Crippen LogP contribution < -0.4 is 10.6 Å². The van der Waals surface area contributed by atoms with E-state index < -0.39 is 18.0 Å². The zero-order chi connectivity index (χ0) is 13.5. The highest BCUT2D eigenvalue weighted by atomic mass is 16.4. The number of amides is 2. The van der Waals surface area contributed by atoms with Gasteiger partial charge in [0.05, 0.1) is 0 Å². The fourth-order valence-electron chi connectivity index (χ4n) is 1.51. The monoisotopic (exact) mass is 250 g/mol. The average molecular weight is 250 g/mol. The van der Waals surface area contributed by atoms with Crippen LogP contribution in [0.1, 0.15) is 25.3 Å². The maximum absolute atomic E-state index is 11.6. The van der Waals surface area contributed by atoms with Gasteiger partial charge in [0.1, 0.15) is 6.04 Å². The number of carbonyl (C=O) groups is 2. The molecule has 0 saturated heterocycles. The average Bonchev–Trinajstić information content (AvgIpc) is 2.31. The molecule has 18 heavy (non-hydrogen) atoms. The summed E-state index contributed by atoms with van der Waals surface area (Å²) in [5, 5.41) is 13.9. The number of aryl methyl sites for hydroxylation is 1. The third-order valence-electron chi connectivity index (χ3n) is 2.49. The lowest BCUT2D eigenvalue weighted by molar-refractivity contribution is -0.139. The van der Waals surface area contributed by atoms with Crippen LogP contribution in [0, 0.1) is 6.92 Å². The third kappa shape index (κ3) is 4.45. The fourth-order valence-corrected chi connectivity index (χ4v) is 1.51. The van der Waals surface area contributed by atoms with E-state index in [0.717, 1.165) is 5.56 Å². The van der Waals surface area contributed by atoms with Gasteiger partial charge in [0.25, 0.3) is 0 Å². The smallest absolute Gasteiger partial charge is 0.326 e. The first-order valence-corrected chi connectivity index (χ1v) is 5.90. The van der Waals surface area contributed by atoms with Gasteiger partial charge in [-0.2, -0.15) is 0 Å². The maximum atomic E-state index is 11.6. The normalized spacial score (nSPS) is 11.7. The van der Waals surface area contributed by atoms with E-state index in [1.54, 1.807) is 12.1 Å². The Morgan fingerprint density at radius 3 is 2.39 bits per heavy atom. The molecule has 0 bridgehead atoms. The molecule has 5 nitrogen and oxygen atoms in total. The maximum Gasteiger partial charge on any atom is 0.326 e. The predicted molar refractivity (Wildman–Crippen MR) is 69.7 cm³/mol. The highest BCUT2D eigenvalue weighted by Crippen LogP contribution is 2.08. The molecule has 5 heteroatoms. The van der Waals surface area contributed by atoms with Gasteiger partial charge in [0, 0.05) is 5.69 Å². The van der Waals surface area contributed by atoms with Gasteiger partial charge < -0.3 is 15.7 Å². The zero-order valence-electron chi connectivity index (χ0n) is 10.6. The molecule has 1 atom stereocenters. The second kappa shape index (κ2) is 6.64. The number of carbonyl (C=O) groups excluding carboxylic acids is 1. The summed E-state index contributed by atoms with van der Waals surface area (Å²) in [6.07, 6.45) is 1.11. The van der Waals surface area contributed by atoms with E-state index in [0.29, 0.717) is 18.5 Å². The Hall–Kier alpha value is -2.04. The molecule has 0 unspecified atom stereocenters. The molecule has 0 spiro atoms. The van der Waals surface area contributed by atoms with Gasteiger partial charge in [-0.15, -0.1) is 0 Å². The Bertz CT molecular complexity index is 415. The van der Waals surface area contributed by atoms with Crippen molar-refractivity contribution in [3.8, 4) is 0 Å². The lowest BCUT2D eigenvalue weighted by Crippen LogP contribution is -2.42. The first-order valence-electron chi connectivity index (χ1n) is 5.90. The topological polar surface area (TPSA) is 78.4 Å². The van der Waals surface area contributed by atoms with Crippen LogP contribution in [0.5, 0.6) is 0 Å². The van der Waals surface area contributed by atoms with E-state index in [2.05, 4.69) is 10.6 Å². The second-order valence-corrected chi connectivity index (χ2v) is 4.14. The quantitative estimate of drug-likeness (QED) is 0.750. The fraction of sp³-hybridized carbons (Fsp3) is 0.385. The lowest BCUT2D eigenvalue weighted by atomic mass is 10.2. The van der Waals surface area contributed by atoms with Crippen LogP contribution in [0.4, 0.5) is 10.5 Å². The molecule has 98 valence electrons. The number of carboxylic acids is 1. The van der Waals surface area contributed by atoms with Gasteiger partial charge in [0.15, 0.2) is 0 Å². The van der Waals surface area contributed by atoms with E-state index in [9.17, 15) is 9.59 Å². The van der Waals surface area contributed by atoms with Crippen molar-refractivity contribution in [2.45, 2.75) is 32.7 Å². The van der Waals surface area contributed by atoms with E-state index in [4.69, 9.17) is 5.11 Å². The van der Waals surface area contributed by atoms with Crippen molar-refractivity contribution in [1.29, 1.82) is 0 Å². The number of aliphatic carboxylic acids is 1. The number of benzene rings is 1. The van der Waals surface area contributed by atoms with Gasteiger partial charge >= 0.3 is 12.0 Å². The Morgan fingerprint density at radius 2 is 1.89 bits per heavy atom. The van der Waals surface area contributed by atoms with Gasteiger partial charge in [-0.3, -0.25) is 0 Å². The van der Waals surface area contributed by atoms with Crippen LogP contribution in [0.15, 0.2) is 24.3 Å². The van der Waals surface area contributed by atoms with Crippen molar-refractivity contribution in [3.05, 3.63) is 29.8 Å². The van der Waals surface area contributed by atoms with Crippen LogP contribution in [0.3, 0.4) is 0 Å². The molecule has 0 aliphatic heterocycles. The van der Waals surface area contributed by atoms with Crippen molar-refractivity contribution in [2.75, 3.05) is 5.32 Å². The Labute approximate surface area is 106 Å². The van der Waals surface area contributed by atoms with Crippen molar-refractivity contribution in [2.24, 2.45) is 0 Å². The van der Waals surface area contributed by atoms with Crippen molar-refractivity contribution in [3.63, 3.8) is 0 Å². The minimum Gasteiger partial charge on any atom is -0.480 e. The van der Waals surface area contributed by atoms with E-state index in [1.165, 1.54) is 0 Å². The number of nitrogens with one attached hydrogen (secondary N) is 2. The Morgan fingerprint density at radius 1 is 1.28 bits per heavy atom. The van der Waals surface area contributed by atoms with E-state index >= 15 is 0 Å². The summed E-state index contributed by atoms with van der Waals surface area (Å²) in [7, 11) is 0. The number of hydrogen-bond donors (Lipinski definition) is 3. The molecular formula is C13H18N2O3. The molecule has 1 aromatic rings. The van der Waals surface area contributed by atoms with Crippen LogP contribution in [-0.4, -0.2) is 23.1 Å². The Kier molecular flexibility index (Phi) is 5.17. The molecule has 0 aliphatic rings. The molecule has 0 heterocycles. The van der Waals surface area contributed by atoms with Crippen molar-refractivity contribution in [1.82, 2.24) is 5.32 Å². The molecule has 3 N–H and O–H groups in total.